The molecule has 0 saturated carbocycles. The van der Waals surface area contributed by atoms with Crippen LogP contribution in [-0.4, -0.2) is 65.7 Å². The molecule has 1 atom stereocenters. The molecule has 1 unspecified atom stereocenters. The first-order valence-corrected chi connectivity index (χ1v) is 21.5. The summed E-state index contributed by atoms with van der Waals surface area (Å²) in [7, 11) is -9.58. The highest BCUT2D eigenvalue weighted by molar-refractivity contribution is 9.11. The molecule has 0 saturated heterocycles. The van der Waals surface area contributed by atoms with Crippen LogP contribution in [0.5, 0.6) is 5.75 Å². The van der Waals surface area contributed by atoms with Gasteiger partial charge in [-0.15, -0.1) is 0 Å². The molecule has 22 heteroatoms. The first-order valence-electron chi connectivity index (χ1n) is 16.2. The molecule has 5 aromatic rings. The maximum Gasteiger partial charge on any atom is 0.295 e. The van der Waals surface area contributed by atoms with Crippen LogP contribution in [0.1, 0.15) is 16.7 Å². The van der Waals surface area contributed by atoms with Crippen molar-refractivity contribution >= 4 is 145 Å². The van der Waals surface area contributed by atoms with E-state index in [2.05, 4.69) is 69.2 Å². The van der Waals surface area contributed by atoms with E-state index in [1.807, 2.05) is 24.3 Å². The van der Waals surface area contributed by atoms with E-state index in [-0.39, 0.29) is 33.4 Å². The summed E-state index contributed by atoms with van der Waals surface area (Å²) in [4.78, 5) is 25.7. The van der Waals surface area contributed by atoms with Gasteiger partial charge in [0, 0.05) is 17.1 Å². The van der Waals surface area contributed by atoms with Crippen molar-refractivity contribution in [1.82, 2.24) is 16.3 Å². The number of anilines is 3. The lowest BCUT2D eigenvalue weighted by Crippen LogP contribution is -2.54. The number of phenols is 1. The van der Waals surface area contributed by atoms with E-state index in [9.17, 15) is 40.6 Å². The van der Waals surface area contributed by atoms with E-state index >= 15 is 0 Å². The van der Waals surface area contributed by atoms with Gasteiger partial charge in [-0.2, -0.15) is 21.9 Å². The van der Waals surface area contributed by atoms with Crippen molar-refractivity contribution in [2.75, 3.05) is 16.0 Å². The number of hydrogen-bond donors (Lipinski definition) is 9. The Bertz CT molecular complexity index is 2710. The Morgan fingerprint density at radius 2 is 1.29 bits per heavy atom. The minimum Gasteiger partial charge on any atom is -0.506 e. The third kappa shape index (κ3) is 11.6. The third-order valence-corrected chi connectivity index (χ3v) is 11.2. The summed E-state index contributed by atoms with van der Waals surface area (Å²) in [5, 5.41) is 23.6. The van der Waals surface area contributed by atoms with E-state index in [1.54, 1.807) is 30.3 Å². The molecular weight excluding hydrogens is 963 g/mol. The largest absolute Gasteiger partial charge is 0.506 e. The lowest BCUT2D eigenvalue weighted by atomic mass is 10.1. The van der Waals surface area contributed by atoms with Crippen LogP contribution in [0.15, 0.2) is 115 Å². The number of nitrogens with zero attached hydrogens (tertiary/aromatic N) is 1. The molecule has 16 nitrogen and oxygen atoms in total. The smallest absolute Gasteiger partial charge is 0.295 e. The predicted molar refractivity (Wildman–Crippen MR) is 237 cm³/mol. The minimum absolute atomic E-state index is 0.00485. The van der Waals surface area contributed by atoms with Crippen molar-refractivity contribution in [2.24, 2.45) is 5.10 Å². The van der Waals surface area contributed by atoms with Gasteiger partial charge >= 0.3 is 0 Å². The van der Waals surface area contributed by atoms with Crippen LogP contribution >= 0.6 is 56.3 Å². The Hall–Kier alpha value is -5.33. The molecule has 0 aliphatic heterocycles. The van der Waals surface area contributed by atoms with Crippen molar-refractivity contribution < 1.29 is 40.6 Å². The fourth-order valence-corrected chi connectivity index (χ4v) is 8.10. The topological polar surface area (TPSA) is 248 Å². The van der Waals surface area contributed by atoms with Gasteiger partial charge in [-0.25, -0.2) is 5.43 Å². The molecule has 0 aromatic heterocycles. The Kier molecular flexibility index (Phi) is 14.3. The fraction of sp³-hybridized carbons (Fsp3) is 0.0278. The second-order valence-corrected chi connectivity index (χ2v) is 17.0. The molecule has 0 fully saturated rings. The second-order valence-electron chi connectivity index (χ2n) is 11.8. The Morgan fingerprint density at radius 1 is 0.724 bits per heavy atom. The van der Waals surface area contributed by atoms with E-state index in [0.29, 0.717) is 20.2 Å². The Balaban J connectivity index is 1.31. The number of aromatic hydroxyl groups is 1. The van der Waals surface area contributed by atoms with Crippen LogP contribution in [0, 0.1) is 0 Å². The molecule has 9 N–H and O–H groups in total. The van der Waals surface area contributed by atoms with E-state index < -0.39 is 47.9 Å². The molecule has 58 heavy (non-hydrogen) atoms. The number of benzene rings is 5. The van der Waals surface area contributed by atoms with Gasteiger partial charge in [0.1, 0.15) is 15.5 Å². The zero-order valence-corrected chi connectivity index (χ0v) is 35.6. The summed E-state index contributed by atoms with van der Waals surface area (Å²) in [6, 6.07) is 21.8. The number of hydrazine groups is 1. The number of thiocarbonyl (C=S) groups is 2. The number of hydrazone groups is 1. The molecule has 0 aliphatic rings. The third-order valence-electron chi connectivity index (χ3n) is 7.82. The highest BCUT2D eigenvalue weighted by Crippen LogP contribution is 2.33. The van der Waals surface area contributed by atoms with Gasteiger partial charge < -0.3 is 21.1 Å². The van der Waals surface area contributed by atoms with Gasteiger partial charge in [0.25, 0.3) is 32.1 Å². The molecule has 0 spiro atoms. The van der Waals surface area contributed by atoms with Crippen LogP contribution in [0.2, 0.25) is 0 Å². The van der Waals surface area contributed by atoms with Gasteiger partial charge in [0.2, 0.25) is 0 Å². The van der Waals surface area contributed by atoms with Crippen molar-refractivity contribution in [3.8, 4) is 5.75 Å². The lowest BCUT2D eigenvalue weighted by molar-refractivity contribution is -0.130. The van der Waals surface area contributed by atoms with Crippen molar-refractivity contribution in [3.05, 3.63) is 117 Å². The molecule has 2 amide bonds. The van der Waals surface area contributed by atoms with E-state index in [0.717, 1.165) is 28.4 Å². The maximum atomic E-state index is 13.5. The van der Waals surface area contributed by atoms with Crippen molar-refractivity contribution in [2.45, 2.75) is 15.8 Å². The van der Waals surface area contributed by atoms with Crippen LogP contribution in [-0.2, 0) is 29.8 Å². The number of rotatable bonds is 13. The first-order chi connectivity index (χ1) is 27.4. The molecule has 0 radical (unpaired) electrons. The number of fused-ring (bicyclic) bond motifs is 1. The summed E-state index contributed by atoms with van der Waals surface area (Å²) < 4.78 is 69.3. The number of nitrogens with one attached hydrogen (secondary N) is 6. The molecular formula is C36H29Br2N7O9S4. The SMILES string of the molecule is O=C(N/N=C/c1cc(Br)c(O)c(Br)c1)C(Nc1ccc2ccccc2c1)C(=O)NNC(=S)Nc1ccc(/C=C/c2ccc(NC=S)cc2S(=O)(=O)O)c(S(=O)(=O)O)c1. The normalized spacial score (nSPS) is 12.2. The van der Waals surface area contributed by atoms with Gasteiger partial charge in [0.15, 0.2) is 11.2 Å². The number of phenolic OH excluding ortho intramolecular Hbond substituents is 1. The first kappa shape index (κ1) is 43.8. The van der Waals surface area contributed by atoms with Crippen LogP contribution in [0.3, 0.4) is 0 Å². The summed E-state index contributed by atoms with van der Waals surface area (Å²) in [6.07, 6.45) is 3.73. The minimum atomic E-state index is -4.87. The summed E-state index contributed by atoms with van der Waals surface area (Å²) in [6.45, 7) is 0. The van der Waals surface area contributed by atoms with Crippen LogP contribution in [0.4, 0.5) is 17.1 Å². The summed E-state index contributed by atoms with van der Waals surface area (Å²) in [5.74, 6) is -1.80. The quantitative estimate of drug-likeness (QED) is 0.0163. The standard InChI is InChI=1S/C36H29Br2N7O9S4/c37-28-13-20(14-29(38)33(28)46)18-40-43-34(47)32(41-26-11-7-21-3-1-2-4-24(21)15-26)35(48)44-45-36(56)42-27-12-9-23(31(17-27)58(52,53)54)6-5-22-8-10-25(39-19-55)16-30(22)57(49,50)51/h1-19,32,41,46H,(H,39,55)(H,43,47)(H,44,48)(H2,42,45,56)(H,49,50,51)(H,52,53,54)/b6-5+,40-18+. The number of carbonyl (C=O) groups is 2. The Morgan fingerprint density at radius 3 is 1.90 bits per heavy atom. The van der Waals surface area contributed by atoms with Gasteiger partial charge in [-0.1, -0.05) is 66.8 Å². The average Bonchev–Trinajstić information content (AvgIpc) is 3.17. The van der Waals surface area contributed by atoms with Crippen LogP contribution in [0.25, 0.3) is 22.9 Å². The number of amides is 2. The Labute approximate surface area is 358 Å². The monoisotopic (exact) mass is 989 g/mol. The molecule has 5 rings (SSSR count). The molecule has 0 aliphatic carbocycles. The molecule has 5 aromatic carbocycles. The van der Waals surface area contributed by atoms with Crippen LogP contribution < -0.4 is 32.2 Å². The van der Waals surface area contributed by atoms with Gasteiger partial charge in [-0.3, -0.25) is 29.5 Å². The van der Waals surface area contributed by atoms with Crippen molar-refractivity contribution in [1.29, 1.82) is 0 Å². The molecule has 300 valence electrons. The number of hydrogen-bond acceptors (Lipinski definition) is 11. The number of carbonyl (C=O) groups excluding carboxylic acids is 2. The highest BCUT2D eigenvalue weighted by atomic mass is 79.9. The predicted octanol–water partition coefficient (Wildman–Crippen LogP) is 6.05. The maximum absolute atomic E-state index is 13.5. The van der Waals surface area contributed by atoms with Gasteiger partial charge in [-0.05, 0) is 120 Å². The average molecular weight is 992 g/mol. The zero-order chi connectivity index (χ0) is 42.2. The van der Waals surface area contributed by atoms with Gasteiger partial charge in [0.05, 0.1) is 20.7 Å². The number of halogens is 2. The molecule has 0 heterocycles. The fourth-order valence-electron chi connectivity index (χ4n) is 5.15. The summed E-state index contributed by atoms with van der Waals surface area (Å²) >= 11 is 16.4. The zero-order valence-electron chi connectivity index (χ0n) is 29.2. The van der Waals surface area contributed by atoms with E-state index in [1.165, 1.54) is 42.6 Å². The van der Waals surface area contributed by atoms with Crippen molar-refractivity contribution in [3.63, 3.8) is 0 Å². The molecule has 0 bridgehead atoms. The lowest BCUT2D eigenvalue weighted by Gasteiger charge is -2.19. The highest BCUT2D eigenvalue weighted by Gasteiger charge is 2.27. The second kappa shape index (κ2) is 18.9. The van der Waals surface area contributed by atoms with E-state index in [4.69, 9.17) is 24.4 Å². The summed E-state index contributed by atoms with van der Waals surface area (Å²) in [5.41, 5.74) is 9.38.